The maximum absolute atomic E-state index is 12.6. The van der Waals surface area contributed by atoms with E-state index in [-0.39, 0.29) is 25.4 Å². The van der Waals surface area contributed by atoms with E-state index in [1.807, 2.05) is 48.8 Å². The first kappa shape index (κ1) is 28.2. The van der Waals surface area contributed by atoms with E-state index < -0.39 is 35.7 Å². The van der Waals surface area contributed by atoms with Crippen LogP contribution in [0.3, 0.4) is 0 Å². The monoisotopic (exact) mass is 499 g/mol. The molecule has 1 aromatic carbocycles. The Morgan fingerprint density at radius 3 is 2.47 bits per heavy atom. The molecule has 3 amide bonds. The summed E-state index contributed by atoms with van der Waals surface area (Å²) in [6.07, 6.45) is 2.91. The normalized spacial score (nSPS) is 15.6. The smallest absolute Gasteiger partial charge is 0.423 e. The van der Waals surface area contributed by atoms with Gasteiger partial charge < -0.3 is 19.9 Å². The highest BCUT2D eigenvalue weighted by Gasteiger charge is 2.30. The molecule has 0 saturated carbocycles. The number of carbonyl (C=O) groups excluding carboxylic acids is 3. The van der Waals surface area contributed by atoms with Crippen molar-refractivity contribution < 1.29 is 33.8 Å². The van der Waals surface area contributed by atoms with E-state index >= 15 is 0 Å². The Kier molecular flexibility index (Phi) is 9.83. The molecule has 10 heteroatoms. The Labute approximate surface area is 210 Å². The minimum atomic E-state index is -1.49. The fraction of sp³-hybridized carbons (Fsp3) is 0.385. The number of esters is 1. The predicted octanol–water partition coefficient (Wildman–Crippen LogP) is 3.82. The van der Waals surface area contributed by atoms with Gasteiger partial charge in [-0.2, -0.15) is 0 Å². The van der Waals surface area contributed by atoms with E-state index in [2.05, 4.69) is 11.9 Å². The minimum absolute atomic E-state index is 0.00631. The lowest BCUT2D eigenvalue weighted by atomic mass is 9.96. The zero-order valence-electron chi connectivity index (χ0n) is 20.9. The van der Waals surface area contributed by atoms with Crippen LogP contribution in [0.1, 0.15) is 57.6 Å². The van der Waals surface area contributed by atoms with E-state index in [9.17, 15) is 19.2 Å². The summed E-state index contributed by atoms with van der Waals surface area (Å²) in [6, 6.07) is 6.50. The third-order valence-electron chi connectivity index (χ3n) is 5.20. The number of hydrogen-bond donors (Lipinski definition) is 4. The molecule has 0 saturated heterocycles. The number of nitrogens with one attached hydrogen (secondary N) is 3. The van der Waals surface area contributed by atoms with Gasteiger partial charge in [0.2, 0.25) is 0 Å². The Hall–Kier alpha value is -4.08. The van der Waals surface area contributed by atoms with Crippen molar-refractivity contribution in [2.45, 2.75) is 58.1 Å². The van der Waals surface area contributed by atoms with Crippen LogP contribution in [0, 0.1) is 0 Å². The average molecular weight is 500 g/mol. The Morgan fingerprint density at radius 1 is 1.17 bits per heavy atom. The van der Waals surface area contributed by atoms with Crippen molar-refractivity contribution in [3.05, 3.63) is 65.8 Å². The first-order valence-corrected chi connectivity index (χ1v) is 11.5. The summed E-state index contributed by atoms with van der Waals surface area (Å²) in [7, 11) is 0. The molecule has 0 heterocycles. The highest BCUT2D eigenvalue weighted by atomic mass is 16.6. The summed E-state index contributed by atoms with van der Waals surface area (Å²) in [5.74, 6) is -1.66. The number of alkyl carbamates (subject to hydrolysis) is 1. The molecule has 0 aliphatic heterocycles. The van der Waals surface area contributed by atoms with Crippen molar-refractivity contribution in [2.75, 3.05) is 6.61 Å². The molecule has 0 radical (unpaired) electrons. The molecule has 1 aromatic rings. The van der Waals surface area contributed by atoms with Crippen LogP contribution in [0.5, 0.6) is 0 Å². The Balaban J connectivity index is 2.10. The number of allylic oxidation sites excluding steroid dienone is 4. The predicted molar refractivity (Wildman–Crippen MR) is 134 cm³/mol. The molecular formula is C26H33N3O7. The standard InChI is InChI=1S/C26H33N3O7/c1-6-10-17-16(7-2)18-11-8-9-12-19(18)20(17)15-35-25(34)27-21(23(31)28-29-24(32)33)13-14-22(30)36-26(3,4)5/h6-12,20-21,29H,2,13-15H2,1,3-5H3,(H,27,34)(H,28,31)(H,32,33)/b10-6-. The van der Waals surface area contributed by atoms with Gasteiger partial charge in [0.1, 0.15) is 18.2 Å². The van der Waals surface area contributed by atoms with Gasteiger partial charge in [-0.25, -0.2) is 15.0 Å². The van der Waals surface area contributed by atoms with Crippen molar-refractivity contribution in [3.63, 3.8) is 0 Å². The van der Waals surface area contributed by atoms with Gasteiger partial charge in [-0.3, -0.25) is 15.0 Å². The number of hydrogen-bond acceptors (Lipinski definition) is 6. The number of carboxylic acid groups (broad SMARTS) is 1. The number of ether oxygens (including phenoxy) is 2. The SMILES string of the molecule is C=CC1=C(/C=C\C)C(COC(=O)NC(CCC(=O)OC(C)(C)C)C(=O)NNC(=O)O)c2ccccc21. The van der Waals surface area contributed by atoms with Crippen LogP contribution in [-0.2, 0) is 19.1 Å². The number of amides is 3. The zero-order valence-corrected chi connectivity index (χ0v) is 20.9. The summed E-state index contributed by atoms with van der Waals surface area (Å²) in [5, 5.41) is 11.1. The van der Waals surface area contributed by atoms with Gasteiger partial charge in [-0.05, 0) is 56.4 Å². The van der Waals surface area contributed by atoms with E-state index in [0.717, 1.165) is 22.3 Å². The maximum Gasteiger partial charge on any atom is 0.423 e. The highest BCUT2D eigenvalue weighted by Crippen LogP contribution is 2.43. The van der Waals surface area contributed by atoms with Crippen molar-refractivity contribution in [1.82, 2.24) is 16.2 Å². The van der Waals surface area contributed by atoms with Gasteiger partial charge in [0, 0.05) is 12.3 Å². The quantitative estimate of drug-likeness (QED) is 0.299. The number of hydrazine groups is 1. The lowest BCUT2D eigenvalue weighted by molar-refractivity contribution is -0.155. The molecule has 0 aromatic heterocycles. The van der Waals surface area contributed by atoms with Gasteiger partial charge in [-0.15, -0.1) is 0 Å². The summed E-state index contributed by atoms with van der Waals surface area (Å²) in [6.45, 7) is 10.9. The summed E-state index contributed by atoms with van der Waals surface area (Å²) in [4.78, 5) is 47.9. The van der Waals surface area contributed by atoms with Crippen LogP contribution < -0.4 is 16.2 Å². The summed E-state index contributed by atoms with van der Waals surface area (Å²) >= 11 is 0. The van der Waals surface area contributed by atoms with Gasteiger partial charge >= 0.3 is 18.2 Å². The zero-order chi connectivity index (χ0) is 26.9. The van der Waals surface area contributed by atoms with E-state index in [1.165, 1.54) is 0 Å². The molecular weight excluding hydrogens is 466 g/mol. The van der Waals surface area contributed by atoms with Crippen molar-refractivity contribution >= 4 is 29.6 Å². The van der Waals surface area contributed by atoms with Gasteiger partial charge in [0.25, 0.3) is 5.91 Å². The van der Waals surface area contributed by atoms with Gasteiger partial charge in [0.15, 0.2) is 0 Å². The fourth-order valence-corrected chi connectivity index (χ4v) is 3.82. The fourth-order valence-electron chi connectivity index (χ4n) is 3.82. The number of rotatable bonds is 9. The first-order valence-electron chi connectivity index (χ1n) is 11.5. The second-order valence-electron chi connectivity index (χ2n) is 9.05. The molecule has 0 fully saturated rings. The molecule has 4 N–H and O–H groups in total. The molecule has 0 bridgehead atoms. The molecule has 2 rings (SSSR count). The van der Waals surface area contributed by atoms with E-state index in [0.29, 0.717) is 0 Å². The molecule has 0 spiro atoms. The van der Waals surface area contributed by atoms with Crippen LogP contribution >= 0.6 is 0 Å². The van der Waals surface area contributed by atoms with E-state index in [1.54, 1.807) is 32.3 Å². The molecule has 1 aliphatic rings. The van der Waals surface area contributed by atoms with Crippen LogP contribution in [0.4, 0.5) is 9.59 Å². The maximum atomic E-state index is 12.6. The van der Waals surface area contributed by atoms with Gasteiger partial charge in [0.05, 0.1) is 0 Å². The summed E-state index contributed by atoms with van der Waals surface area (Å²) < 4.78 is 10.7. The van der Waals surface area contributed by atoms with Crippen molar-refractivity contribution in [1.29, 1.82) is 0 Å². The van der Waals surface area contributed by atoms with Gasteiger partial charge in [-0.1, -0.05) is 49.1 Å². The lowest BCUT2D eigenvalue weighted by Crippen LogP contribution is -2.52. The van der Waals surface area contributed by atoms with Crippen LogP contribution in [0.25, 0.3) is 5.57 Å². The largest absolute Gasteiger partial charge is 0.464 e. The number of benzene rings is 1. The average Bonchev–Trinajstić information content (AvgIpc) is 3.10. The Morgan fingerprint density at radius 2 is 1.86 bits per heavy atom. The summed E-state index contributed by atoms with van der Waals surface area (Å²) in [5.41, 5.74) is 6.87. The second kappa shape index (κ2) is 12.6. The van der Waals surface area contributed by atoms with Crippen LogP contribution in [0.2, 0.25) is 0 Å². The number of fused-ring (bicyclic) bond motifs is 1. The molecule has 10 nitrogen and oxygen atoms in total. The van der Waals surface area contributed by atoms with Crippen LogP contribution in [-0.4, -0.2) is 47.4 Å². The molecule has 2 unspecified atom stereocenters. The highest BCUT2D eigenvalue weighted by molar-refractivity contribution is 5.88. The third-order valence-corrected chi connectivity index (χ3v) is 5.20. The lowest BCUT2D eigenvalue weighted by Gasteiger charge is -2.22. The molecule has 1 aliphatic carbocycles. The first-order chi connectivity index (χ1) is 17.0. The minimum Gasteiger partial charge on any atom is -0.464 e. The van der Waals surface area contributed by atoms with Crippen LogP contribution in [0.15, 0.2) is 54.6 Å². The topological polar surface area (TPSA) is 143 Å². The molecule has 36 heavy (non-hydrogen) atoms. The number of carbonyl (C=O) groups is 4. The second-order valence-corrected chi connectivity index (χ2v) is 9.05. The van der Waals surface area contributed by atoms with E-state index in [4.69, 9.17) is 14.6 Å². The third kappa shape index (κ3) is 8.00. The Bertz CT molecular complexity index is 1070. The molecule has 194 valence electrons. The van der Waals surface area contributed by atoms with Crippen molar-refractivity contribution in [2.24, 2.45) is 0 Å². The molecule has 2 atom stereocenters. The van der Waals surface area contributed by atoms with Crippen molar-refractivity contribution in [3.8, 4) is 0 Å².